The molecule has 8 heteroatoms. The topological polar surface area (TPSA) is 90.3 Å². The summed E-state index contributed by atoms with van der Waals surface area (Å²) in [6.07, 6.45) is 9.57. The van der Waals surface area contributed by atoms with Gasteiger partial charge in [0.2, 0.25) is 5.88 Å². The number of ether oxygens (including phenoxy) is 2. The van der Waals surface area contributed by atoms with Gasteiger partial charge in [0.15, 0.2) is 11.5 Å². The third kappa shape index (κ3) is 4.16. The molecule has 0 spiro atoms. The van der Waals surface area contributed by atoms with E-state index in [4.69, 9.17) is 9.47 Å². The number of rotatable bonds is 5. The number of benzene rings is 1. The first kappa shape index (κ1) is 18.8. The van der Waals surface area contributed by atoms with E-state index in [9.17, 15) is 4.79 Å². The number of para-hydroxylation sites is 2. The summed E-state index contributed by atoms with van der Waals surface area (Å²) in [5.74, 6) is 1.50. The van der Waals surface area contributed by atoms with Crippen LogP contribution in [0.5, 0.6) is 17.4 Å². The molecule has 3 heterocycles. The van der Waals surface area contributed by atoms with Gasteiger partial charge in [0.1, 0.15) is 11.4 Å². The maximum Gasteiger partial charge on any atom is 0.274 e. The van der Waals surface area contributed by atoms with Crippen molar-refractivity contribution in [2.75, 3.05) is 20.2 Å². The van der Waals surface area contributed by atoms with Crippen molar-refractivity contribution in [1.82, 2.24) is 24.8 Å². The lowest BCUT2D eigenvalue weighted by molar-refractivity contribution is 0.0698. The molecule has 29 heavy (non-hydrogen) atoms. The molecule has 148 valence electrons. The lowest BCUT2D eigenvalue weighted by Crippen LogP contribution is -2.39. The first-order valence-corrected chi connectivity index (χ1v) is 9.43. The zero-order valence-electron chi connectivity index (χ0n) is 16.1. The summed E-state index contributed by atoms with van der Waals surface area (Å²) in [5.41, 5.74) is 1.08. The van der Waals surface area contributed by atoms with E-state index >= 15 is 0 Å². The molecule has 3 aromatic rings. The van der Waals surface area contributed by atoms with E-state index in [1.165, 1.54) is 12.4 Å². The molecule has 4 rings (SSSR count). The summed E-state index contributed by atoms with van der Waals surface area (Å²) < 4.78 is 11.4. The molecule has 1 amide bonds. The van der Waals surface area contributed by atoms with Crippen LogP contribution in [0.1, 0.15) is 34.9 Å². The van der Waals surface area contributed by atoms with Gasteiger partial charge in [0, 0.05) is 43.8 Å². The molecule has 1 saturated heterocycles. The van der Waals surface area contributed by atoms with Crippen molar-refractivity contribution < 1.29 is 14.3 Å². The average molecular weight is 391 g/mol. The van der Waals surface area contributed by atoms with E-state index in [2.05, 4.69) is 19.9 Å². The molecule has 0 saturated carbocycles. The van der Waals surface area contributed by atoms with Gasteiger partial charge >= 0.3 is 0 Å². The Kier molecular flexibility index (Phi) is 5.60. The zero-order chi connectivity index (χ0) is 20.1. The summed E-state index contributed by atoms with van der Waals surface area (Å²) in [6, 6.07) is 7.39. The van der Waals surface area contributed by atoms with Crippen molar-refractivity contribution in [1.29, 1.82) is 0 Å². The van der Waals surface area contributed by atoms with Gasteiger partial charge in [-0.15, -0.1) is 0 Å². The van der Waals surface area contributed by atoms with Crippen LogP contribution in [-0.2, 0) is 0 Å². The Morgan fingerprint density at radius 1 is 1.07 bits per heavy atom. The lowest BCUT2D eigenvalue weighted by Gasteiger charge is -2.32. The summed E-state index contributed by atoms with van der Waals surface area (Å²) in [5, 5.41) is 0. The third-order valence-electron chi connectivity index (χ3n) is 4.84. The van der Waals surface area contributed by atoms with Crippen LogP contribution in [0.15, 0.2) is 55.2 Å². The predicted molar refractivity (Wildman–Crippen MR) is 105 cm³/mol. The molecular weight excluding hydrogens is 370 g/mol. The molecule has 1 aliphatic rings. The first-order chi connectivity index (χ1) is 14.3. The van der Waals surface area contributed by atoms with Crippen LogP contribution in [0, 0.1) is 0 Å². The van der Waals surface area contributed by atoms with E-state index in [0.29, 0.717) is 36.2 Å². The Morgan fingerprint density at radius 3 is 2.66 bits per heavy atom. The highest BCUT2D eigenvalue weighted by Crippen LogP contribution is 2.35. The Balaban J connectivity index is 1.56. The van der Waals surface area contributed by atoms with Crippen LogP contribution < -0.4 is 9.47 Å². The Labute approximate surface area is 168 Å². The van der Waals surface area contributed by atoms with Gasteiger partial charge in [0.05, 0.1) is 13.3 Å². The number of aromatic nitrogens is 4. The van der Waals surface area contributed by atoms with E-state index < -0.39 is 0 Å². The van der Waals surface area contributed by atoms with Gasteiger partial charge < -0.3 is 14.4 Å². The molecular formula is C21H21N5O3. The normalized spacial score (nSPS) is 16.3. The standard InChI is InChI=1S/C21H21N5O3/c1-28-17-6-2-3-7-18(17)29-20-19(24-10-11-25-20)15-5-4-12-26(14-15)21(27)16-13-22-8-9-23-16/h2-3,6-11,13,15H,4-5,12,14H2,1H3/t15-/m1/s1. The summed E-state index contributed by atoms with van der Waals surface area (Å²) >= 11 is 0. The number of likely N-dealkylation sites (tertiary alicyclic amines) is 1. The SMILES string of the molecule is COc1ccccc1Oc1nccnc1[C@@H]1CCCN(C(=O)c2cnccn2)C1. The summed E-state index contributed by atoms with van der Waals surface area (Å²) in [4.78, 5) is 31.6. The van der Waals surface area contributed by atoms with Gasteiger partial charge in [-0.05, 0) is 25.0 Å². The van der Waals surface area contributed by atoms with E-state index in [0.717, 1.165) is 18.5 Å². The van der Waals surface area contributed by atoms with Crippen LogP contribution in [0.4, 0.5) is 0 Å². The molecule has 0 aliphatic carbocycles. The van der Waals surface area contributed by atoms with Crippen molar-refractivity contribution in [3.8, 4) is 17.4 Å². The maximum atomic E-state index is 12.8. The second kappa shape index (κ2) is 8.64. The van der Waals surface area contributed by atoms with Crippen molar-refractivity contribution in [3.63, 3.8) is 0 Å². The first-order valence-electron chi connectivity index (χ1n) is 9.43. The molecule has 0 bridgehead atoms. The molecule has 1 aromatic carbocycles. The highest BCUT2D eigenvalue weighted by molar-refractivity contribution is 5.92. The fraction of sp³-hybridized carbons (Fsp3) is 0.286. The minimum Gasteiger partial charge on any atom is -0.493 e. The molecule has 8 nitrogen and oxygen atoms in total. The molecule has 0 unspecified atom stereocenters. The molecule has 2 aromatic heterocycles. The van der Waals surface area contributed by atoms with E-state index in [-0.39, 0.29) is 11.8 Å². The van der Waals surface area contributed by atoms with Crippen LogP contribution in [-0.4, -0.2) is 50.9 Å². The van der Waals surface area contributed by atoms with Crippen LogP contribution >= 0.6 is 0 Å². The summed E-state index contributed by atoms with van der Waals surface area (Å²) in [6.45, 7) is 1.20. The van der Waals surface area contributed by atoms with Crippen molar-refractivity contribution in [3.05, 3.63) is 66.6 Å². The minimum atomic E-state index is -0.126. The largest absolute Gasteiger partial charge is 0.493 e. The Morgan fingerprint density at radius 2 is 1.86 bits per heavy atom. The van der Waals surface area contributed by atoms with Gasteiger partial charge in [-0.3, -0.25) is 14.8 Å². The second-order valence-electron chi connectivity index (χ2n) is 6.68. The van der Waals surface area contributed by atoms with E-state index in [1.807, 2.05) is 24.3 Å². The van der Waals surface area contributed by atoms with Crippen molar-refractivity contribution >= 4 is 5.91 Å². The number of nitrogens with zero attached hydrogens (tertiary/aromatic N) is 5. The lowest BCUT2D eigenvalue weighted by atomic mass is 9.94. The molecule has 1 atom stereocenters. The number of hydrogen-bond donors (Lipinski definition) is 0. The number of methoxy groups -OCH3 is 1. The number of piperidine rings is 1. The minimum absolute atomic E-state index is 0.0165. The molecule has 1 fully saturated rings. The van der Waals surface area contributed by atoms with Gasteiger partial charge in [-0.2, -0.15) is 0 Å². The van der Waals surface area contributed by atoms with Crippen LogP contribution in [0.3, 0.4) is 0 Å². The molecule has 0 radical (unpaired) electrons. The Bertz CT molecular complexity index is 983. The number of carbonyl (C=O) groups excluding carboxylic acids is 1. The maximum absolute atomic E-state index is 12.8. The van der Waals surface area contributed by atoms with E-state index in [1.54, 1.807) is 30.6 Å². The van der Waals surface area contributed by atoms with Crippen molar-refractivity contribution in [2.24, 2.45) is 0 Å². The number of hydrogen-bond acceptors (Lipinski definition) is 7. The van der Waals surface area contributed by atoms with Gasteiger partial charge in [0.25, 0.3) is 5.91 Å². The highest BCUT2D eigenvalue weighted by Gasteiger charge is 2.29. The third-order valence-corrected chi connectivity index (χ3v) is 4.84. The van der Waals surface area contributed by atoms with Crippen molar-refractivity contribution in [2.45, 2.75) is 18.8 Å². The highest BCUT2D eigenvalue weighted by atomic mass is 16.5. The molecule has 0 N–H and O–H groups in total. The van der Waals surface area contributed by atoms with Gasteiger partial charge in [-0.1, -0.05) is 12.1 Å². The van der Waals surface area contributed by atoms with Crippen LogP contribution in [0.25, 0.3) is 0 Å². The smallest absolute Gasteiger partial charge is 0.274 e. The average Bonchev–Trinajstić information content (AvgIpc) is 2.80. The van der Waals surface area contributed by atoms with Gasteiger partial charge in [-0.25, -0.2) is 9.97 Å². The fourth-order valence-corrected chi connectivity index (χ4v) is 3.46. The number of carbonyl (C=O) groups is 1. The predicted octanol–water partition coefficient (Wildman–Crippen LogP) is 3.09. The summed E-state index contributed by atoms with van der Waals surface area (Å²) in [7, 11) is 1.59. The number of amides is 1. The Hall–Kier alpha value is -3.55. The monoisotopic (exact) mass is 391 g/mol. The fourth-order valence-electron chi connectivity index (χ4n) is 3.46. The molecule has 1 aliphatic heterocycles. The quantitative estimate of drug-likeness (QED) is 0.660. The zero-order valence-corrected chi connectivity index (χ0v) is 16.1. The van der Waals surface area contributed by atoms with Crippen LogP contribution in [0.2, 0.25) is 0 Å². The second-order valence-corrected chi connectivity index (χ2v) is 6.68.